The number of likely N-dealkylation sites (tertiary alicyclic amines) is 1. The number of ether oxygens (including phenoxy) is 1. The van der Waals surface area contributed by atoms with E-state index in [1.165, 1.54) is 11.1 Å². The highest BCUT2D eigenvalue weighted by atomic mass is 16.5. The standard InChI is InChI=1S/C24H28N2O4/c1-24(2,22(28)26-13-11-16(27)12-14-26)25-23(29)30-15-21-19-9-5-3-7-17(19)18-8-4-6-10-20(18)21/h3-10,16,21,27H,11-15H2,1-2H3,(H,25,29). The molecule has 1 saturated heterocycles. The fourth-order valence-electron chi connectivity index (χ4n) is 4.41. The highest BCUT2D eigenvalue weighted by Gasteiger charge is 2.36. The number of hydrogen-bond acceptors (Lipinski definition) is 4. The van der Waals surface area contributed by atoms with Crippen molar-refractivity contribution in [3.05, 3.63) is 59.7 Å². The van der Waals surface area contributed by atoms with E-state index in [1.807, 2.05) is 24.3 Å². The summed E-state index contributed by atoms with van der Waals surface area (Å²) in [7, 11) is 0. The molecule has 4 rings (SSSR count). The molecule has 6 nitrogen and oxygen atoms in total. The lowest BCUT2D eigenvalue weighted by atomic mass is 9.98. The Balaban J connectivity index is 1.40. The Labute approximate surface area is 176 Å². The summed E-state index contributed by atoms with van der Waals surface area (Å²) in [5.74, 6) is -0.187. The third-order valence-electron chi connectivity index (χ3n) is 6.04. The number of carbonyl (C=O) groups is 2. The van der Waals surface area contributed by atoms with Crippen LogP contribution in [-0.2, 0) is 9.53 Å². The van der Waals surface area contributed by atoms with E-state index in [9.17, 15) is 14.7 Å². The van der Waals surface area contributed by atoms with Crippen LogP contribution in [0.3, 0.4) is 0 Å². The molecule has 0 aromatic heterocycles. The molecule has 158 valence electrons. The van der Waals surface area contributed by atoms with Gasteiger partial charge in [-0.3, -0.25) is 4.79 Å². The Morgan fingerprint density at radius 3 is 2.13 bits per heavy atom. The van der Waals surface area contributed by atoms with Gasteiger partial charge >= 0.3 is 6.09 Å². The third kappa shape index (κ3) is 3.92. The highest BCUT2D eigenvalue weighted by molar-refractivity contribution is 5.89. The first kappa shape index (κ1) is 20.4. The van der Waals surface area contributed by atoms with E-state index < -0.39 is 11.6 Å². The summed E-state index contributed by atoms with van der Waals surface area (Å²) < 4.78 is 5.57. The number of nitrogens with zero attached hydrogens (tertiary/aromatic N) is 1. The molecule has 6 heteroatoms. The number of piperidine rings is 1. The third-order valence-corrected chi connectivity index (χ3v) is 6.04. The Kier molecular flexibility index (Phi) is 5.52. The van der Waals surface area contributed by atoms with Crippen LogP contribution in [0.1, 0.15) is 43.7 Å². The molecule has 2 N–H and O–H groups in total. The largest absolute Gasteiger partial charge is 0.449 e. The van der Waals surface area contributed by atoms with E-state index in [2.05, 4.69) is 29.6 Å². The van der Waals surface area contributed by atoms with E-state index >= 15 is 0 Å². The Bertz CT molecular complexity index is 902. The Morgan fingerprint density at radius 2 is 1.57 bits per heavy atom. The number of aliphatic hydroxyl groups excluding tert-OH is 1. The van der Waals surface area contributed by atoms with E-state index in [0.29, 0.717) is 25.9 Å². The van der Waals surface area contributed by atoms with Crippen LogP contribution in [0.25, 0.3) is 11.1 Å². The molecule has 0 radical (unpaired) electrons. The van der Waals surface area contributed by atoms with Gasteiger partial charge in [0.2, 0.25) is 5.91 Å². The van der Waals surface area contributed by atoms with Crippen molar-refractivity contribution >= 4 is 12.0 Å². The molecule has 0 bridgehead atoms. The quantitative estimate of drug-likeness (QED) is 0.814. The predicted molar refractivity (Wildman–Crippen MR) is 114 cm³/mol. The molecule has 0 unspecified atom stereocenters. The molecule has 1 aliphatic heterocycles. The number of amides is 2. The zero-order chi connectivity index (χ0) is 21.3. The first-order chi connectivity index (χ1) is 14.4. The number of carbonyl (C=O) groups excluding carboxylic acids is 2. The predicted octanol–water partition coefficient (Wildman–Crippen LogP) is 3.29. The van der Waals surface area contributed by atoms with Crippen molar-refractivity contribution in [2.45, 2.75) is 44.2 Å². The fourth-order valence-corrected chi connectivity index (χ4v) is 4.41. The lowest BCUT2D eigenvalue weighted by Crippen LogP contribution is -2.57. The van der Waals surface area contributed by atoms with Gasteiger partial charge in [0.1, 0.15) is 12.1 Å². The number of benzene rings is 2. The van der Waals surface area contributed by atoms with Gasteiger partial charge in [0.15, 0.2) is 0 Å². The lowest BCUT2D eigenvalue weighted by molar-refractivity contribution is -0.139. The van der Waals surface area contributed by atoms with Gasteiger partial charge in [-0.25, -0.2) is 4.79 Å². The molecule has 1 aliphatic carbocycles. The van der Waals surface area contributed by atoms with Gasteiger partial charge in [-0.2, -0.15) is 0 Å². The summed E-state index contributed by atoms with van der Waals surface area (Å²) in [6.07, 6.45) is 0.166. The maximum Gasteiger partial charge on any atom is 0.408 e. The molecule has 1 fully saturated rings. The van der Waals surface area contributed by atoms with E-state index in [1.54, 1.807) is 18.7 Å². The van der Waals surface area contributed by atoms with E-state index in [4.69, 9.17) is 4.74 Å². The normalized spacial score (nSPS) is 16.7. The molecule has 0 spiro atoms. The second-order valence-electron chi connectivity index (χ2n) is 8.60. The van der Waals surface area contributed by atoms with Crippen LogP contribution in [0.5, 0.6) is 0 Å². The molecule has 2 aliphatic rings. The molecule has 0 saturated carbocycles. The summed E-state index contributed by atoms with van der Waals surface area (Å²) >= 11 is 0. The van der Waals surface area contributed by atoms with Gasteiger partial charge in [0.05, 0.1) is 6.10 Å². The van der Waals surface area contributed by atoms with Crippen LogP contribution in [0.2, 0.25) is 0 Å². The highest BCUT2D eigenvalue weighted by Crippen LogP contribution is 2.44. The second-order valence-corrected chi connectivity index (χ2v) is 8.60. The van der Waals surface area contributed by atoms with E-state index in [-0.39, 0.29) is 24.5 Å². The molecular weight excluding hydrogens is 380 g/mol. The summed E-state index contributed by atoms with van der Waals surface area (Å²) in [4.78, 5) is 27.0. The summed E-state index contributed by atoms with van der Waals surface area (Å²) in [5, 5.41) is 12.4. The summed E-state index contributed by atoms with van der Waals surface area (Å²) in [5.41, 5.74) is 3.56. The van der Waals surface area contributed by atoms with Crippen molar-refractivity contribution in [3.8, 4) is 11.1 Å². The average Bonchev–Trinajstić information content (AvgIpc) is 3.06. The van der Waals surface area contributed by atoms with Crippen molar-refractivity contribution in [1.29, 1.82) is 0 Å². The van der Waals surface area contributed by atoms with E-state index in [0.717, 1.165) is 11.1 Å². The Morgan fingerprint density at radius 1 is 1.03 bits per heavy atom. The number of rotatable bonds is 4. The first-order valence-electron chi connectivity index (χ1n) is 10.5. The number of nitrogens with one attached hydrogen (secondary N) is 1. The zero-order valence-electron chi connectivity index (χ0n) is 17.4. The van der Waals surface area contributed by atoms with Crippen LogP contribution in [-0.4, -0.2) is 53.3 Å². The van der Waals surface area contributed by atoms with Crippen molar-refractivity contribution in [2.75, 3.05) is 19.7 Å². The lowest BCUT2D eigenvalue weighted by Gasteiger charge is -2.35. The van der Waals surface area contributed by atoms with Crippen LogP contribution in [0.15, 0.2) is 48.5 Å². The summed E-state index contributed by atoms with van der Waals surface area (Å²) in [6, 6.07) is 16.3. The van der Waals surface area contributed by atoms with Crippen molar-refractivity contribution < 1.29 is 19.4 Å². The Hall–Kier alpha value is -2.86. The minimum atomic E-state index is -1.08. The van der Waals surface area contributed by atoms with Crippen molar-refractivity contribution in [3.63, 3.8) is 0 Å². The molecule has 2 amide bonds. The topological polar surface area (TPSA) is 78.9 Å². The SMILES string of the molecule is CC(C)(NC(=O)OCC1c2ccccc2-c2ccccc21)C(=O)N1CCC(O)CC1. The fraction of sp³-hybridized carbons (Fsp3) is 0.417. The van der Waals surface area contributed by atoms with Crippen molar-refractivity contribution in [1.82, 2.24) is 10.2 Å². The minimum Gasteiger partial charge on any atom is -0.449 e. The number of hydrogen-bond donors (Lipinski definition) is 2. The molecule has 2 aromatic rings. The number of fused-ring (bicyclic) bond motifs is 3. The van der Waals surface area contributed by atoms with Gasteiger partial charge < -0.3 is 20.1 Å². The smallest absolute Gasteiger partial charge is 0.408 e. The second kappa shape index (κ2) is 8.11. The molecule has 2 aromatic carbocycles. The molecular formula is C24H28N2O4. The first-order valence-corrected chi connectivity index (χ1v) is 10.5. The van der Waals surface area contributed by atoms with Crippen LogP contribution < -0.4 is 5.32 Å². The van der Waals surface area contributed by atoms with Gasteiger partial charge in [0, 0.05) is 19.0 Å². The average molecular weight is 408 g/mol. The molecule has 1 heterocycles. The zero-order valence-corrected chi connectivity index (χ0v) is 17.4. The maximum absolute atomic E-state index is 12.8. The van der Waals surface area contributed by atoms with Gasteiger partial charge in [0.25, 0.3) is 0 Å². The number of aliphatic hydroxyl groups is 1. The molecule has 30 heavy (non-hydrogen) atoms. The molecule has 0 atom stereocenters. The van der Waals surface area contributed by atoms with Crippen LogP contribution in [0, 0.1) is 0 Å². The summed E-state index contributed by atoms with van der Waals surface area (Å²) in [6.45, 7) is 4.56. The minimum absolute atomic E-state index is 0.0226. The van der Waals surface area contributed by atoms with Crippen LogP contribution in [0.4, 0.5) is 4.79 Å². The van der Waals surface area contributed by atoms with Crippen LogP contribution >= 0.6 is 0 Å². The van der Waals surface area contributed by atoms with Gasteiger partial charge in [-0.05, 0) is 48.9 Å². The van der Waals surface area contributed by atoms with Gasteiger partial charge in [-0.15, -0.1) is 0 Å². The maximum atomic E-state index is 12.8. The number of alkyl carbamates (subject to hydrolysis) is 1. The van der Waals surface area contributed by atoms with Gasteiger partial charge in [-0.1, -0.05) is 48.5 Å². The van der Waals surface area contributed by atoms with Crippen molar-refractivity contribution in [2.24, 2.45) is 0 Å². The monoisotopic (exact) mass is 408 g/mol.